The summed E-state index contributed by atoms with van der Waals surface area (Å²) in [7, 11) is 0. The standard InChI is InChI=1S/C22H25NO5/c1-13-19-11-18(21(26)14(2)23-9-5-6-10-23)8-7-17(19)12-20(27-15(3)24)22(13)28-16(4)25/h7-8,11-12,14H,5-6,9-10H2,1-4H3. The Morgan fingerprint density at radius 1 is 1.00 bits per heavy atom. The quantitative estimate of drug-likeness (QED) is 0.446. The van der Waals surface area contributed by atoms with Crippen LogP contribution < -0.4 is 9.47 Å². The number of likely N-dealkylation sites (tertiary alicyclic amines) is 1. The van der Waals surface area contributed by atoms with Crippen LogP contribution in [0.25, 0.3) is 10.8 Å². The molecule has 6 heteroatoms. The predicted molar refractivity (Wildman–Crippen MR) is 106 cm³/mol. The van der Waals surface area contributed by atoms with Gasteiger partial charge in [0.1, 0.15) is 0 Å². The topological polar surface area (TPSA) is 72.9 Å². The molecular weight excluding hydrogens is 358 g/mol. The van der Waals surface area contributed by atoms with Crippen molar-refractivity contribution in [3.8, 4) is 11.5 Å². The number of hydrogen-bond donors (Lipinski definition) is 0. The Morgan fingerprint density at radius 2 is 1.64 bits per heavy atom. The second-order valence-corrected chi connectivity index (χ2v) is 7.24. The third kappa shape index (κ3) is 4.07. The molecule has 0 N–H and O–H groups in total. The summed E-state index contributed by atoms with van der Waals surface area (Å²) in [5.74, 6) is -0.546. The minimum atomic E-state index is -0.509. The van der Waals surface area contributed by atoms with Gasteiger partial charge in [-0.25, -0.2) is 0 Å². The molecule has 0 spiro atoms. The molecule has 1 unspecified atom stereocenters. The number of carbonyl (C=O) groups is 3. The van der Waals surface area contributed by atoms with E-state index in [1.165, 1.54) is 13.8 Å². The number of ketones is 1. The van der Waals surface area contributed by atoms with Gasteiger partial charge in [-0.15, -0.1) is 0 Å². The van der Waals surface area contributed by atoms with Crippen molar-refractivity contribution in [1.29, 1.82) is 0 Å². The fourth-order valence-electron chi connectivity index (χ4n) is 3.71. The van der Waals surface area contributed by atoms with Gasteiger partial charge in [-0.1, -0.05) is 12.1 Å². The van der Waals surface area contributed by atoms with E-state index in [2.05, 4.69) is 4.90 Å². The zero-order valence-electron chi connectivity index (χ0n) is 16.7. The summed E-state index contributed by atoms with van der Waals surface area (Å²) in [6, 6.07) is 6.93. The van der Waals surface area contributed by atoms with Gasteiger partial charge in [0.25, 0.3) is 0 Å². The fourth-order valence-corrected chi connectivity index (χ4v) is 3.71. The van der Waals surface area contributed by atoms with Crippen LogP contribution in [0.3, 0.4) is 0 Å². The maximum absolute atomic E-state index is 13.0. The lowest BCUT2D eigenvalue weighted by Crippen LogP contribution is -2.36. The van der Waals surface area contributed by atoms with Crippen molar-refractivity contribution in [2.24, 2.45) is 0 Å². The van der Waals surface area contributed by atoms with Gasteiger partial charge >= 0.3 is 11.9 Å². The van der Waals surface area contributed by atoms with Crippen molar-refractivity contribution in [2.75, 3.05) is 13.1 Å². The highest BCUT2D eigenvalue weighted by Crippen LogP contribution is 2.38. The molecule has 1 atom stereocenters. The van der Waals surface area contributed by atoms with Crippen LogP contribution in [-0.4, -0.2) is 41.8 Å². The van der Waals surface area contributed by atoms with Crippen molar-refractivity contribution in [3.05, 3.63) is 35.4 Å². The first-order valence-electron chi connectivity index (χ1n) is 9.50. The van der Waals surface area contributed by atoms with E-state index in [0.29, 0.717) is 11.1 Å². The van der Waals surface area contributed by atoms with Crippen LogP contribution >= 0.6 is 0 Å². The van der Waals surface area contributed by atoms with Crippen LogP contribution in [-0.2, 0) is 9.59 Å². The molecule has 3 rings (SSSR count). The molecule has 148 valence electrons. The van der Waals surface area contributed by atoms with Crippen LogP contribution in [0.5, 0.6) is 11.5 Å². The SMILES string of the molecule is CC(=O)Oc1cc2ccc(C(=O)C(C)N3CCCC3)cc2c(C)c1OC(C)=O. The Balaban J connectivity index is 2.04. The maximum atomic E-state index is 13.0. The first-order valence-corrected chi connectivity index (χ1v) is 9.50. The average Bonchev–Trinajstić information content (AvgIpc) is 3.17. The minimum Gasteiger partial charge on any atom is -0.423 e. The molecule has 1 saturated heterocycles. The van der Waals surface area contributed by atoms with E-state index >= 15 is 0 Å². The molecule has 2 aromatic carbocycles. The average molecular weight is 383 g/mol. The molecule has 1 aliphatic heterocycles. The molecule has 6 nitrogen and oxygen atoms in total. The van der Waals surface area contributed by atoms with E-state index in [0.717, 1.165) is 36.7 Å². The molecule has 2 aromatic rings. The molecule has 0 amide bonds. The van der Waals surface area contributed by atoms with Crippen LogP contribution in [0, 0.1) is 6.92 Å². The highest BCUT2D eigenvalue weighted by Gasteiger charge is 2.25. The number of ether oxygens (including phenoxy) is 2. The largest absolute Gasteiger partial charge is 0.423 e. The van der Waals surface area contributed by atoms with Crippen LogP contribution in [0.1, 0.15) is 49.5 Å². The molecule has 0 aromatic heterocycles. The number of fused-ring (bicyclic) bond motifs is 1. The summed E-state index contributed by atoms with van der Waals surface area (Å²) in [5.41, 5.74) is 1.26. The number of benzene rings is 2. The summed E-state index contributed by atoms with van der Waals surface area (Å²) < 4.78 is 10.5. The van der Waals surface area contributed by atoms with Gasteiger partial charge in [0, 0.05) is 25.0 Å². The monoisotopic (exact) mass is 383 g/mol. The van der Waals surface area contributed by atoms with Crippen molar-refractivity contribution < 1.29 is 23.9 Å². The number of esters is 2. The number of Topliss-reactive ketones (excluding diaryl/α,β-unsaturated/α-hetero) is 1. The lowest BCUT2D eigenvalue weighted by molar-refractivity contribution is -0.134. The maximum Gasteiger partial charge on any atom is 0.308 e. The number of rotatable bonds is 5. The van der Waals surface area contributed by atoms with Crippen LogP contribution in [0.15, 0.2) is 24.3 Å². The van der Waals surface area contributed by atoms with Gasteiger partial charge in [-0.3, -0.25) is 19.3 Å². The van der Waals surface area contributed by atoms with E-state index in [1.54, 1.807) is 19.1 Å². The number of aryl methyl sites for hydroxylation is 1. The molecule has 28 heavy (non-hydrogen) atoms. The van der Waals surface area contributed by atoms with Gasteiger partial charge in [-0.05, 0) is 62.7 Å². The van der Waals surface area contributed by atoms with E-state index in [4.69, 9.17) is 9.47 Å². The van der Waals surface area contributed by atoms with Crippen LogP contribution in [0.2, 0.25) is 0 Å². The summed E-state index contributed by atoms with van der Waals surface area (Å²) in [6.45, 7) is 8.20. The Morgan fingerprint density at radius 3 is 2.25 bits per heavy atom. The molecule has 0 aliphatic carbocycles. The van der Waals surface area contributed by atoms with Crippen molar-refractivity contribution in [2.45, 2.75) is 46.6 Å². The third-order valence-corrected chi connectivity index (χ3v) is 5.16. The molecule has 1 heterocycles. The minimum absolute atomic E-state index is 0.0706. The Labute approximate surface area is 164 Å². The molecule has 1 aliphatic rings. The first kappa shape index (κ1) is 20.0. The van der Waals surface area contributed by atoms with Gasteiger partial charge in [0.15, 0.2) is 17.3 Å². The lowest BCUT2D eigenvalue weighted by Gasteiger charge is -2.22. The van der Waals surface area contributed by atoms with E-state index in [1.807, 2.05) is 19.1 Å². The van der Waals surface area contributed by atoms with E-state index in [-0.39, 0.29) is 23.3 Å². The van der Waals surface area contributed by atoms with E-state index in [9.17, 15) is 14.4 Å². The molecule has 0 bridgehead atoms. The van der Waals surface area contributed by atoms with Gasteiger partial charge in [-0.2, -0.15) is 0 Å². The zero-order chi connectivity index (χ0) is 20.4. The number of nitrogens with zero attached hydrogens (tertiary/aromatic N) is 1. The Bertz CT molecular complexity index is 944. The third-order valence-electron chi connectivity index (χ3n) is 5.16. The smallest absolute Gasteiger partial charge is 0.308 e. The Kier molecular flexibility index (Phi) is 5.79. The molecule has 1 fully saturated rings. The van der Waals surface area contributed by atoms with Crippen molar-refractivity contribution in [1.82, 2.24) is 4.90 Å². The molecule has 0 radical (unpaired) electrons. The summed E-state index contributed by atoms with van der Waals surface area (Å²) in [5, 5.41) is 1.58. The number of hydrogen-bond acceptors (Lipinski definition) is 6. The predicted octanol–water partition coefficient (Wildman–Crippen LogP) is 3.67. The second-order valence-electron chi connectivity index (χ2n) is 7.24. The van der Waals surface area contributed by atoms with E-state index < -0.39 is 11.9 Å². The summed E-state index contributed by atoms with van der Waals surface area (Å²) >= 11 is 0. The summed E-state index contributed by atoms with van der Waals surface area (Å²) in [4.78, 5) is 38.1. The number of carbonyl (C=O) groups excluding carboxylic acids is 3. The van der Waals surface area contributed by atoms with Gasteiger partial charge < -0.3 is 9.47 Å². The highest BCUT2D eigenvalue weighted by molar-refractivity contribution is 6.04. The molecular formula is C22H25NO5. The molecule has 0 saturated carbocycles. The van der Waals surface area contributed by atoms with Gasteiger partial charge in [0.05, 0.1) is 6.04 Å². The fraction of sp³-hybridized carbons (Fsp3) is 0.409. The second kappa shape index (κ2) is 8.10. The highest BCUT2D eigenvalue weighted by atomic mass is 16.6. The zero-order valence-corrected chi connectivity index (χ0v) is 16.7. The normalized spacial score (nSPS) is 15.4. The lowest BCUT2D eigenvalue weighted by atomic mass is 9.97. The van der Waals surface area contributed by atoms with Crippen molar-refractivity contribution >= 4 is 28.5 Å². The van der Waals surface area contributed by atoms with Crippen molar-refractivity contribution in [3.63, 3.8) is 0 Å². The Hall–Kier alpha value is -2.73. The van der Waals surface area contributed by atoms with Gasteiger partial charge in [0.2, 0.25) is 0 Å². The summed E-state index contributed by atoms with van der Waals surface area (Å²) in [6.07, 6.45) is 2.25. The van der Waals surface area contributed by atoms with Crippen LogP contribution in [0.4, 0.5) is 0 Å². The first-order chi connectivity index (χ1) is 13.3.